The molecule has 0 amide bonds. The van der Waals surface area contributed by atoms with Crippen molar-refractivity contribution in [2.24, 2.45) is 0 Å². The average Bonchev–Trinajstić information content (AvgIpc) is 2.30. The molecule has 0 spiro atoms. The van der Waals surface area contributed by atoms with Crippen molar-refractivity contribution in [1.29, 1.82) is 0 Å². The molecule has 76 valence electrons. The first kappa shape index (κ1) is 9.78. The van der Waals surface area contributed by atoms with Gasteiger partial charge in [0.1, 0.15) is 5.75 Å². The summed E-state index contributed by atoms with van der Waals surface area (Å²) in [6, 6.07) is 16.6. The number of ether oxygens (including phenoxy) is 1. The maximum absolute atomic E-state index is 5.24. The van der Waals surface area contributed by atoms with Gasteiger partial charge in [0.2, 0.25) is 0 Å². The lowest BCUT2D eigenvalue weighted by atomic mass is 10.0. The van der Waals surface area contributed by atoms with Gasteiger partial charge in [-0.1, -0.05) is 36.4 Å². The Kier molecular flexibility index (Phi) is 2.72. The molecule has 0 radical (unpaired) electrons. The Balaban J connectivity index is 2.43. The Morgan fingerprint density at radius 2 is 1.60 bits per heavy atom. The van der Waals surface area contributed by atoms with Gasteiger partial charge in [0.15, 0.2) is 0 Å². The van der Waals surface area contributed by atoms with Crippen LogP contribution in [0.15, 0.2) is 48.5 Å². The van der Waals surface area contributed by atoms with Crippen LogP contribution in [0.5, 0.6) is 5.75 Å². The van der Waals surface area contributed by atoms with E-state index in [-0.39, 0.29) is 0 Å². The van der Waals surface area contributed by atoms with E-state index in [2.05, 4.69) is 43.3 Å². The van der Waals surface area contributed by atoms with Gasteiger partial charge in [-0.25, -0.2) is 0 Å². The molecule has 0 fully saturated rings. The molecule has 1 heteroatoms. The summed E-state index contributed by atoms with van der Waals surface area (Å²) in [5, 5.41) is 0. The molecule has 0 atom stereocenters. The molecule has 15 heavy (non-hydrogen) atoms. The van der Waals surface area contributed by atoms with Crippen molar-refractivity contribution in [2.75, 3.05) is 7.11 Å². The predicted octanol–water partition coefficient (Wildman–Crippen LogP) is 3.67. The fourth-order valence-corrected chi connectivity index (χ4v) is 1.69. The van der Waals surface area contributed by atoms with E-state index in [0.29, 0.717) is 0 Å². The lowest BCUT2D eigenvalue weighted by molar-refractivity contribution is 0.412. The summed E-state index contributed by atoms with van der Waals surface area (Å²) >= 11 is 0. The molecule has 1 nitrogen and oxygen atoms in total. The minimum Gasteiger partial charge on any atom is -0.496 e. The van der Waals surface area contributed by atoms with E-state index < -0.39 is 0 Å². The smallest absolute Gasteiger partial charge is 0.121 e. The van der Waals surface area contributed by atoms with Crippen molar-refractivity contribution < 1.29 is 4.74 Å². The fourth-order valence-electron chi connectivity index (χ4n) is 1.69. The van der Waals surface area contributed by atoms with Crippen LogP contribution in [0.3, 0.4) is 0 Å². The van der Waals surface area contributed by atoms with E-state index in [9.17, 15) is 0 Å². The molecule has 2 rings (SSSR count). The second-order valence-electron chi connectivity index (χ2n) is 3.55. The van der Waals surface area contributed by atoms with Gasteiger partial charge in [0.25, 0.3) is 0 Å². The zero-order valence-corrected chi connectivity index (χ0v) is 9.03. The highest BCUT2D eigenvalue weighted by Crippen LogP contribution is 2.25. The topological polar surface area (TPSA) is 9.23 Å². The molecule has 2 aromatic rings. The highest BCUT2D eigenvalue weighted by atomic mass is 16.5. The highest BCUT2D eigenvalue weighted by molar-refractivity contribution is 5.65. The van der Waals surface area contributed by atoms with Gasteiger partial charge in [-0.3, -0.25) is 0 Å². The molecule has 0 bridgehead atoms. The first-order chi connectivity index (χ1) is 7.31. The van der Waals surface area contributed by atoms with Crippen LogP contribution in [0.25, 0.3) is 11.1 Å². The SMILES string of the molecule is COc1ccc(-c2ccccc2)cc1C. The number of aryl methyl sites for hydroxylation is 1. The Labute approximate surface area is 90.3 Å². The highest BCUT2D eigenvalue weighted by Gasteiger charge is 2.01. The molecule has 0 saturated carbocycles. The van der Waals surface area contributed by atoms with Gasteiger partial charge in [-0.15, -0.1) is 0 Å². The third kappa shape index (κ3) is 2.01. The molecule has 0 aliphatic heterocycles. The number of hydrogen-bond donors (Lipinski definition) is 0. The molecule has 0 heterocycles. The van der Waals surface area contributed by atoms with E-state index in [4.69, 9.17) is 4.74 Å². The first-order valence-electron chi connectivity index (χ1n) is 5.01. The molecule has 0 aliphatic rings. The second kappa shape index (κ2) is 4.18. The average molecular weight is 198 g/mol. The monoisotopic (exact) mass is 198 g/mol. The van der Waals surface area contributed by atoms with Crippen molar-refractivity contribution in [3.8, 4) is 16.9 Å². The van der Waals surface area contributed by atoms with Crippen LogP contribution in [-0.4, -0.2) is 7.11 Å². The van der Waals surface area contributed by atoms with E-state index >= 15 is 0 Å². The predicted molar refractivity (Wildman–Crippen MR) is 63.2 cm³/mol. The minimum absolute atomic E-state index is 0.940. The maximum Gasteiger partial charge on any atom is 0.121 e. The van der Waals surface area contributed by atoms with Gasteiger partial charge >= 0.3 is 0 Å². The third-order valence-corrected chi connectivity index (χ3v) is 2.50. The number of benzene rings is 2. The molecular formula is C14H14O. The van der Waals surface area contributed by atoms with Gasteiger partial charge in [0, 0.05) is 0 Å². The van der Waals surface area contributed by atoms with Gasteiger partial charge in [-0.05, 0) is 35.7 Å². The quantitative estimate of drug-likeness (QED) is 0.715. The van der Waals surface area contributed by atoms with Crippen LogP contribution in [0, 0.1) is 6.92 Å². The molecule has 0 N–H and O–H groups in total. The number of hydrogen-bond acceptors (Lipinski definition) is 1. The van der Waals surface area contributed by atoms with Crippen LogP contribution in [0.1, 0.15) is 5.56 Å². The van der Waals surface area contributed by atoms with Crippen molar-refractivity contribution >= 4 is 0 Å². The van der Waals surface area contributed by atoms with Crippen LogP contribution in [0.2, 0.25) is 0 Å². The van der Waals surface area contributed by atoms with Crippen molar-refractivity contribution in [3.63, 3.8) is 0 Å². The van der Waals surface area contributed by atoms with Crippen LogP contribution < -0.4 is 4.74 Å². The third-order valence-electron chi connectivity index (χ3n) is 2.50. The summed E-state index contributed by atoms with van der Waals surface area (Å²) in [7, 11) is 1.70. The maximum atomic E-state index is 5.24. The molecule has 0 aromatic heterocycles. The Hall–Kier alpha value is -1.76. The lowest BCUT2D eigenvalue weighted by Crippen LogP contribution is -1.87. The van der Waals surface area contributed by atoms with E-state index in [0.717, 1.165) is 5.75 Å². The van der Waals surface area contributed by atoms with Crippen LogP contribution in [-0.2, 0) is 0 Å². The van der Waals surface area contributed by atoms with Crippen molar-refractivity contribution in [2.45, 2.75) is 6.92 Å². The number of methoxy groups -OCH3 is 1. The summed E-state index contributed by atoms with van der Waals surface area (Å²) in [5.41, 5.74) is 3.64. The Bertz CT molecular complexity index is 446. The Morgan fingerprint density at radius 3 is 2.20 bits per heavy atom. The number of rotatable bonds is 2. The summed E-state index contributed by atoms with van der Waals surface area (Å²) in [4.78, 5) is 0. The van der Waals surface area contributed by atoms with Crippen molar-refractivity contribution in [1.82, 2.24) is 0 Å². The normalized spacial score (nSPS) is 10.0. The van der Waals surface area contributed by atoms with Gasteiger partial charge in [0.05, 0.1) is 7.11 Å². The summed E-state index contributed by atoms with van der Waals surface area (Å²) in [6.07, 6.45) is 0. The molecule has 0 aliphatic carbocycles. The van der Waals surface area contributed by atoms with Crippen molar-refractivity contribution in [3.05, 3.63) is 54.1 Å². The van der Waals surface area contributed by atoms with E-state index in [1.807, 2.05) is 12.1 Å². The fraction of sp³-hybridized carbons (Fsp3) is 0.143. The largest absolute Gasteiger partial charge is 0.496 e. The van der Waals surface area contributed by atoms with Gasteiger partial charge in [-0.2, -0.15) is 0 Å². The molecule has 0 unspecified atom stereocenters. The van der Waals surface area contributed by atoms with Crippen LogP contribution in [0.4, 0.5) is 0 Å². The second-order valence-corrected chi connectivity index (χ2v) is 3.55. The standard InChI is InChI=1S/C14H14O/c1-11-10-13(8-9-14(11)15-2)12-6-4-3-5-7-12/h3-10H,1-2H3. The minimum atomic E-state index is 0.940. The molecule has 2 aromatic carbocycles. The molecular weight excluding hydrogens is 184 g/mol. The summed E-state index contributed by atoms with van der Waals surface area (Å²) in [5.74, 6) is 0.940. The van der Waals surface area contributed by atoms with E-state index in [1.54, 1.807) is 7.11 Å². The zero-order valence-electron chi connectivity index (χ0n) is 9.03. The first-order valence-corrected chi connectivity index (χ1v) is 5.01. The lowest BCUT2D eigenvalue weighted by Gasteiger charge is -2.07. The zero-order chi connectivity index (χ0) is 10.7. The molecule has 0 saturated heterocycles. The Morgan fingerprint density at radius 1 is 0.867 bits per heavy atom. The summed E-state index contributed by atoms with van der Waals surface area (Å²) in [6.45, 7) is 2.06. The van der Waals surface area contributed by atoms with Crippen LogP contribution >= 0.6 is 0 Å². The van der Waals surface area contributed by atoms with Gasteiger partial charge < -0.3 is 4.74 Å². The summed E-state index contributed by atoms with van der Waals surface area (Å²) < 4.78 is 5.24. The van der Waals surface area contributed by atoms with E-state index in [1.165, 1.54) is 16.7 Å².